The second-order valence-electron chi connectivity index (χ2n) is 4.63. The van der Waals surface area contributed by atoms with Gasteiger partial charge in [0.05, 0.1) is 17.5 Å². The Hall–Kier alpha value is -0.620. The highest BCUT2D eigenvalue weighted by Crippen LogP contribution is 2.21. The van der Waals surface area contributed by atoms with Crippen LogP contribution in [0.1, 0.15) is 19.3 Å². The van der Waals surface area contributed by atoms with Crippen LogP contribution in [-0.4, -0.2) is 56.4 Å². The van der Waals surface area contributed by atoms with E-state index in [0.29, 0.717) is 6.41 Å². The normalized spacial score (nSPS) is 34.8. The van der Waals surface area contributed by atoms with Gasteiger partial charge in [0.15, 0.2) is 9.84 Å². The lowest BCUT2D eigenvalue weighted by molar-refractivity contribution is -0.110. The van der Waals surface area contributed by atoms with Crippen molar-refractivity contribution >= 4 is 16.2 Å². The second kappa shape index (κ2) is 4.71. The average Bonchev–Trinajstić information content (AvgIpc) is 2.56. The van der Waals surface area contributed by atoms with Crippen LogP contribution >= 0.6 is 0 Å². The number of sulfone groups is 1. The first-order chi connectivity index (χ1) is 7.62. The van der Waals surface area contributed by atoms with Gasteiger partial charge in [-0.3, -0.25) is 9.69 Å². The average molecular weight is 246 g/mol. The standard InChI is InChI=1S/C10H18N2O3S/c13-8-11-9-6-16(14,15)7-10(9)12-4-2-1-3-5-12/h8-10H,1-7H2,(H,11,13)/t9-,10-/m1/s1. The molecular weight excluding hydrogens is 228 g/mol. The number of likely N-dealkylation sites (tertiary alicyclic amines) is 1. The van der Waals surface area contributed by atoms with Gasteiger partial charge in [0.1, 0.15) is 0 Å². The molecule has 0 aliphatic carbocycles. The number of nitrogens with one attached hydrogen (secondary N) is 1. The van der Waals surface area contributed by atoms with Gasteiger partial charge < -0.3 is 5.32 Å². The first-order valence-corrected chi connectivity index (χ1v) is 7.59. The van der Waals surface area contributed by atoms with Crippen LogP contribution in [0, 0.1) is 0 Å². The van der Waals surface area contributed by atoms with E-state index in [9.17, 15) is 13.2 Å². The zero-order valence-corrected chi connectivity index (χ0v) is 10.1. The molecule has 0 bridgehead atoms. The fourth-order valence-electron chi connectivity index (χ4n) is 2.69. The third kappa shape index (κ3) is 2.55. The topological polar surface area (TPSA) is 66.5 Å². The molecule has 2 fully saturated rings. The third-order valence-corrected chi connectivity index (χ3v) is 5.18. The predicted molar refractivity (Wildman–Crippen MR) is 60.9 cm³/mol. The number of amides is 1. The Labute approximate surface area is 96.1 Å². The molecule has 2 rings (SSSR count). The molecule has 0 unspecified atom stereocenters. The van der Waals surface area contributed by atoms with Crippen molar-refractivity contribution in [2.45, 2.75) is 31.3 Å². The highest BCUT2D eigenvalue weighted by Gasteiger charge is 2.40. The van der Waals surface area contributed by atoms with Crippen LogP contribution in [0.2, 0.25) is 0 Å². The van der Waals surface area contributed by atoms with E-state index in [1.54, 1.807) is 0 Å². The number of carbonyl (C=O) groups excluding carboxylic acids is 1. The van der Waals surface area contributed by atoms with Crippen LogP contribution in [0.25, 0.3) is 0 Å². The Morgan fingerprint density at radius 3 is 2.44 bits per heavy atom. The zero-order chi connectivity index (χ0) is 11.6. The van der Waals surface area contributed by atoms with Crippen LogP contribution in [0.15, 0.2) is 0 Å². The van der Waals surface area contributed by atoms with E-state index in [2.05, 4.69) is 10.2 Å². The molecule has 1 N–H and O–H groups in total. The summed E-state index contributed by atoms with van der Waals surface area (Å²) < 4.78 is 23.2. The summed E-state index contributed by atoms with van der Waals surface area (Å²) in [6.07, 6.45) is 4.10. The molecule has 0 aromatic rings. The van der Waals surface area contributed by atoms with E-state index in [-0.39, 0.29) is 23.6 Å². The number of piperidine rings is 1. The molecule has 2 aliphatic heterocycles. The van der Waals surface area contributed by atoms with Crippen LogP contribution in [-0.2, 0) is 14.6 Å². The summed E-state index contributed by atoms with van der Waals surface area (Å²) in [4.78, 5) is 12.7. The zero-order valence-electron chi connectivity index (χ0n) is 9.26. The van der Waals surface area contributed by atoms with Gasteiger partial charge in [0.2, 0.25) is 6.41 Å². The molecule has 92 valence electrons. The largest absolute Gasteiger partial charge is 0.353 e. The smallest absolute Gasteiger partial charge is 0.207 e. The van der Waals surface area contributed by atoms with Gasteiger partial charge in [-0.15, -0.1) is 0 Å². The van der Waals surface area contributed by atoms with Crippen LogP contribution < -0.4 is 5.32 Å². The minimum atomic E-state index is -2.98. The number of carbonyl (C=O) groups is 1. The number of nitrogens with zero attached hydrogens (tertiary/aromatic N) is 1. The second-order valence-corrected chi connectivity index (χ2v) is 6.79. The Morgan fingerprint density at radius 2 is 1.81 bits per heavy atom. The van der Waals surface area contributed by atoms with E-state index >= 15 is 0 Å². The molecule has 5 nitrogen and oxygen atoms in total. The molecule has 2 atom stereocenters. The summed E-state index contributed by atoms with van der Waals surface area (Å²) >= 11 is 0. The fourth-order valence-corrected chi connectivity index (χ4v) is 4.65. The molecule has 0 aromatic heterocycles. The van der Waals surface area contributed by atoms with Gasteiger partial charge >= 0.3 is 0 Å². The van der Waals surface area contributed by atoms with Crippen molar-refractivity contribution in [1.82, 2.24) is 10.2 Å². The van der Waals surface area contributed by atoms with Crippen LogP contribution in [0.4, 0.5) is 0 Å². The summed E-state index contributed by atoms with van der Waals surface area (Å²) in [6.45, 7) is 1.91. The Balaban J connectivity index is 2.07. The van der Waals surface area contributed by atoms with Crippen molar-refractivity contribution in [2.75, 3.05) is 24.6 Å². The van der Waals surface area contributed by atoms with E-state index in [0.717, 1.165) is 25.9 Å². The first kappa shape index (κ1) is 11.9. The van der Waals surface area contributed by atoms with Gasteiger partial charge in [0.25, 0.3) is 0 Å². The summed E-state index contributed by atoms with van der Waals surface area (Å²) in [5.74, 6) is 0.283. The number of rotatable bonds is 3. The Kier molecular flexibility index (Phi) is 3.49. The summed E-state index contributed by atoms with van der Waals surface area (Å²) in [5.41, 5.74) is 0. The van der Waals surface area contributed by atoms with Crippen molar-refractivity contribution in [1.29, 1.82) is 0 Å². The van der Waals surface area contributed by atoms with Gasteiger partial charge in [-0.2, -0.15) is 0 Å². The fraction of sp³-hybridized carbons (Fsp3) is 0.900. The molecule has 16 heavy (non-hydrogen) atoms. The van der Waals surface area contributed by atoms with Crippen molar-refractivity contribution in [3.05, 3.63) is 0 Å². The maximum Gasteiger partial charge on any atom is 0.207 e. The van der Waals surface area contributed by atoms with Crippen molar-refractivity contribution in [2.24, 2.45) is 0 Å². The van der Waals surface area contributed by atoms with Gasteiger partial charge in [-0.1, -0.05) is 6.42 Å². The van der Waals surface area contributed by atoms with Crippen LogP contribution in [0.3, 0.4) is 0 Å². The third-order valence-electron chi connectivity index (χ3n) is 3.46. The summed E-state index contributed by atoms with van der Waals surface area (Å²) in [5, 5.41) is 2.65. The van der Waals surface area contributed by atoms with Gasteiger partial charge in [-0.05, 0) is 25.9 Å². The lowest BCUT2D eigenvalue weighted by Gasteiger charge is -2.34. The molecule has 2 heterocycles. The molecule has 0 saturated carbocycles. The summed E-state index contributed by atoms with van der Waals surface area (Å²) in [6, 6.07) is -0.240. The van der Waals surface area contributed by atoms with Crippen molar-refractivity contribution in [3.63, 3.8) is 0 Å². The Morgan fingerprint density at radius 1 is 1.12 bits per heavy atom. The van der Waals surface area contributed by atoms with Crippen molar-refractivity contribution < 1.29 is 13.2 Å². The first-order valence-electron chi connectivity index (χ1n) is 5.76. The van der Waals surface area contributed by atoms with Crippen molar-refractivity contribution in [3.8, 4) is 0 Å². The highest BCUT2D eigenvalue weighted by atomic mass is 32.2. The number of hydrogen-bond donors (Lipinski definition) is 1. The van der Waals surface area contributed by atoms with E-state index in [1.165, 1.54) is 6.42 Å². The van der Waals surface area contributed by atoms with Gasteiger partial charge in [0, 0.05) is 6.04 Å². The molecule has 1 amide bonds. The molecule has 6 heteroatoms. The lowest BCUT2D eigenvalue weighted by atomic mass is 10.1. The molecule has 0 aromatic carbocycles. The van der Waals surface area contributed by atoms with Crippen LogP contribution in [0.5, 0.6) is 0 Å². The van der Waals surface area contributed by atoms with E-state index in [1.807, 2.05) is 0 Å². The minimum Gasteiger partial charge on any atom is -0.353 e. The lowest BCUT2D eigenvalue weighted by Crippen LogP contribution is -2.50. The maximum atomic E-state index is 11.6. The van der Waals surface area contributed by atoms with Gasteiger partial charge in [-0.25, -0.2) is 8.42 Å². The minimum absolute atomic E-state index is 0.0181. The molecule has 2 saturated heterocycles. The molecule has 0 radical (unpaired) electrons. The molecule has 0 spiro atoms. The van der Waals surface area contributed by atoms with E-state index < -0.39 is 9.84 Å². The number of hydrogen-bond acceptors (Lipinski definition) is 4. The van der Waals surface area contributed by atoms with E-state index in [4.69, 9.17) is 0 Å². The maximum absolute atomic E-state index is 11.6. The molecular formula is C10H18N2O3S. The monoisotopic (exact) mass is 246 g/mol. The molecule has 2 aliphatic rings. The Bertz CT molecular complexity index is 349. The quantitative estimate of drug-likeness (QED) is 0.674. The predicted octanol–water partition coefficient (Wildman–Crippen LogP) is -0.616. The highest BCUT2D eigenvalue weighted by molar-refractivity contribution is 7.91. The SMILES string of the molecule is O=CN[C@@H]1CS(=O)(=O)C[C@H]1N1CCCCC1. The summed E-state index contributed by atoms with van der Waals surface area (Å²) in [7, 11) is -2.98.